The predicted octanol–water partition coefficient (Wildman–Crippen LogP) is 5.26. The summed E-state index contributed by atoms with van der Waals surface area (Å²) in [6.07, 6.45) is 12.2. The van der Waals surface area contributed by atoms with Crippen molar-refractivity contribution in [2.75, 3.05) is 19.8 Å². The summed E-state index contributed by atoms with van der Waals surface area (Å²) in [5, 5.41) is 13.1. The van der Waals surface area contributed by atoms with Crippen LogP contribution in [0.5, 0.6) is 0 Å². The molecule has 1 aromatic heterocycles. The zero-order valence-electron chi connectivity index (χ0n) is 21.8. The summed E-state index contributed by atoms with van der Waals surface area (Å²) < 4.78 is 7.41. The zero-order valence-corrected chi connectivity index (χ0v) is 21.8. The van der Waals surface area contributed by atoms with Crippen LogP contribution in [0.4, 0.5) is 5.82 Å². The standard InChI is InChI=1S/C31H37N3O2/c1-18-16-29(2)23(20-5-6-22-19(13-20)9-12-33-28(22)32)7-8-27(29)31-11-10-30(36-31)17-25(34(3)4)26(35)15-21(30)14-24(18)31/h5-7,9,12-14,25-27,35H,8,10-11,15-17H2,1-4H3,(H2,32,33)/t25-,26?,27?,29?,30+,31+/m0/s1. The molecule has 2 aromatic rings. The number of hydrogen-bond acceptors (Lipinski definition) is 5. The fourth-order valence-electron chi connectivity index (χ4n) is 8.78. The highest BCUT2D eigenvalue weighted by Crippen LogP contribution is 2.69. The van der Waals surface area contributed by atoms with Crippen molar-refractivity contribution >= 4 is 22.2 Å². The molecule has 1 saturated carbocycles. The predicted molar refractivity (Wildman–Crippen MR) is 144 cm³/mol. The Morgan fingerprint density at radius 1 is 1.19 bits per heavy atom. The minimum atomic E-state index is -0.333. The lowest BCUT2D eigenvalue weighted by atomic mass is 9.56. The molecule has 2 spiro atoms. The van der Waals surface area contributed by atoms with Crippen LogP contribution in [0.25, 0.3) is 16.3 Å². The summed E-state index contributed by atoms with van der Waals surface area (Å²) in [5.74, 6) is 1.00. The number of aliphatic hydroxyl groups excluding tert-OH is 1. The molecule has 36 heavy (non-hydrogen) atoms. The van der Waals surface area contributed by atoms with Gasteiger partial charge in [0.2, 0.25) is 0 Å². The van der Waals surface area contributed by atoms with Crippen LogP contribution in [0.15, 0.2) is 59.3 Å². The third-order valence-electron chi connectivity index (χ3n) is 10.4. The van der Waals surface area contributed by atoms with Crippen molar-refractivity contribution in [1.82, 2.24) is 9.88 Å². The van der Waals surface area contributed by atoms with Crippen LogP contribution in [0.3, 0.4) is 0 Å². The molecular formula is C31H37N3O2. The number of allylic oxidation sites excluding steroid dienone is 3. The molecule has 5 aliphatic rings. The highest BCUT2D eigenvalue weighted by Gasteiger charge is 2.66. The van der Waals surface area contributed by atoms with Crippen LogP contribution < -0.4 is 5.73 Å². The number of aromatic nitrogens is 1. The summed E-state index contributed by atoms with van der Waals surface area (Å²) in [6.45, 7) is 4.78. The average molecular weight is 484 g/mol. The molecule has 7 rings (SSSR count). The zero-order chi connectivity index (χ0) is 25.0. The Labute approximate surface area is 213 Å². The van der Waals surface area contributed by atoms with Gasteiger partial charge in [-0.2, -0.15) is 0 Å². The second-order valence-electron chi connectivity index (χ2n) is 12.5. The van der Waals surface area contributed by atoms with Crippen LogP contribution in [0, 0.1) is 11.3 Å². The Hall–Kier alpha value is -2.47. The Morgan fingerprint density at radius 3 is 2.83 bits per heavy atom. The Kier molecular flexibility index (Phi) is 4.61. The Bertz CT molecular complexity index is 1390. The fraction of sp³-hybridized carbons (Fsp3) is 0.516. The van der Waals surface area contributed by atoms with E-state index in [0.29, 0.717) is 11.7 Å². The molecule has 2 bridgehead atoms. The molecule has 0 radical (unpaired) electrons. The molecule has 2 fully saturated rings. The van der Waals surface area contributed by atoms with E-state index >= 15 is 0 Å². The third kappa shape index (κ3) is 2.80. The molecule has 3 N–H and O–H groups in total. The van der Waals surface area contributed by atoms with E-state index in [1.54, 1.807) is 6.20 Å². The minimum absolute atomic E-state index is 0.0197. The van der Waals surface area contributed by atoms with Gasteiger partial charge >= 0.3 is 0 Å². The van der Waals surface area contributed by atoms with Gasteiger partial charge in [0, 0.05) is 29.0 Å². The van der Waals surface area contributed by atoms with E-state index in [0.717, 1.165) is 49.3 Å². The first-order valence-electron chi connectivity index (χ1n) is 13.5. The van der Waals surface area contributed by atoms with Crippen molar-refractivity contribution < 1.29 is 9.84 Å². The van der Waals surface area contributed by atoms with Gasteiger partial charge in [0.25, 0.3) is 0 Å². The second-order valence-corrected chi connectivity index (χ2v) is 12.5. The molecular weight excluding hydrogens is 446 g/mol. The first kappa shape index (κ1) is 22.7. The van der Waals surface area contributed by atoms with Crippen molar-refractivity contribution in [1.29, 1.82) is 0 Å². The number of benzene rings is 1. The van der Waals surface area contributed by atoms with Crippen molar-refractivity contribution in [3.63, 3.8) is 0 Å². The number of pyridine rings is 1. The van der Waals surface area contributed by atoms with Gasteiger partial charge in [-0.15, -0.1) is 0 Å². The summed E-state index contributed by atoms with van der Waals surface area (Å²) in [6, 6.07) is 8.84. The summed E-state index contributed by atoms with van der Waals surface area (Å²) in [5.41, 5.74) is 12.6. The van der Waals surface area contributed by atoms with Gasteiger partial charge in [-0.1, -0.05) is 36.8 Å². The quantitative estimate of drug-likeness (QED) is 0.610. The molecule has 6 atom stereocenters. The number of rotatable bonds is 2. The number of ether oxygens (including phenoxy) is 1. The largest absolute Gasteiger partial charge is 0.391 e. The summed E-state index contributed by atoms with van der Waals surface area (Å²) in [7, 11) is 4.17. The molecule has 3 unspecified atom stereocenters. The lowest BCUT2D eigenvalue weighted by Gasteiger charge is -2.56. The van der Waals surface area contributed by atoms with Gasteiger partial charge in [0.15, 0.2) is 0 Å². The summed E-state index contributed by atoms with van der Waals surface area (Å²) >= 11 is 0. The Balaban J connectivity index is 1.31. The number of anilines is 1. The molecule has 0 amide bonds. The first-order chi connectivity index (χ1) is 17.2. The number of fused-ring (bicyclic) bond motifs is 2. The number of nitrogen functional groups attached to an aromatic ring is 1. The number of likely N-dealkylation sites (N-methyl/N-ethyl adjacent to an activating group) is 1. The molecule has 3 aliphatic carbocycles. The van der Waals surface area contributed by atoms with Gasteiger partial charge in [-0.25, -0.2) is 4.98 Å². The maximum absolute atomic E-state index is 10.9. The van der Waals surface area contributed by atoms with Crippen molar-refractivity contribution in [2.24, 2.45) is 11.3 Å². The molecule has 1 aromatic carbocycles. The highest BCUT2D eigenvalue weighted by molar-refractivity contribution is 5.93. The van der Waals surface area contributed by atoms with Crippen molar-refractivity contribution in [3.05, 3.63) is 64.9 Å². The van der Waals surface area contributed by atoms with E-state index in [1.165, 1.54) is 27.9 Å². The maximum Gasteiger partial charge on any atom is 0.131 e. The van der Waals surface area contributed by atoms with E-state index in [1.807, 2.05) is 0 Å². The van der Waals surface area contributed by atoms with Crippen LogP contribution in [-0.2, 0) is 4.74 Å². The van der Waals surface area contributed by atoms with Crippen molar-refractivity contribution in [3.8, 4) is 0 Å². The molecule has 3 heterocycles. The van der Waals surface area contributed by atoms with E-state index in [-0.39, 0.29) is 28.8 Å². The Morgan fingerprint density at radius 2 is 2.03 bits per heavy atom. The molecule has 2 aliphatic heterocycles. The minimum Gasteiger partial charge on any atom is -0.391 e. The summed E-state index contributed by atoms with van der Waals surface area (Å²) in [4.78, 5) is 6.45. The number of nitrogens with two attached hydrogens (primary N) is 1. The van der Waals surface area contributed by atoms with E-state index in [9.17, 15) is 5.11 Å². The second kappa shape index (κ2) is 7.31. The normalized spacial score (nSPS) is 39.1. The monoisotopic (exact) mass is 483 g/mol. The number of aliphatic hydroxyl groups is 1. The van der Waals surface area contributed by atoms with Gasteiger partial charge in [0.05, 0.1) is 17.3 Å². The lowest BCUT2D eigenvalue weighted by molar-refractivity contribution is -0.145. The maximum atomic E-state index is 10.9. The SMILES string of the molecule is CC1=C2C=C3CC(O)[C@@H](N(C)C)C[C@]34CC[C@]2(O4)C2CC=C(c3ccc4c(N)nccc4c3)C2(C)C1. The molecule has 1 saturated heterocycles. The van der Waals surface area contributed by atoms with E-state index in [4.69, 9.17) is 10.5 Å². The first-order valence-corrected chi connectivity index (χ1v) is 13.5. The smallest absolute Gasteiger partial charge is 0.131 e. The lowest BCUT2D eigenvalue weighted by Crippen LogP contribution is -2.57. The van der Waals surface area contributed by atoms with Gasteiger partial charge in [-0.05, 0) is 99.3 Å². The van der Waals surface area contributed by atoms with Crippen LogP contribution >= 0.6 is 0 Å². The third-order valence-corrected chi connectivity index (χ3v) is 10.4. The average Bonchev–Trinajstić information content (AvgIpc) is 3.34. The van der Waals surface area contributed by atoms with Crippen LogP contribution in [0.2, 0.25) is 0 Å². The fourth-order valence-corrected chi connectivity index (χ4v) is 8.78. The van der Waals surface area contributed by atoms with Gasteiger partial charge < -0.3 is 20.5 Å². The van der Waals surface area contributed by atoms with E-state index < -0.39 is 0 Å². The van der Waals surface area contributed by atoms with Crippen LogP contribution in [0.1, 0.15) is 57.9 Å². The van der Waals surface area contributed by atoms with Gasteiger partial charge in [-0.3, -0.25) is 0 Å². The topological polar surface area (TPSA) is 71.6 Å². The highest BCUT2D eigenvalue weighted by atomic mass is 16.5. The molecule has 5 heteroatoms. The van der Waals surface area contributed by atoms with Gasteiger partial charge in [0.1, 0.15) is 5.82 Å². The molecule has 5 nitrogen and oxygen atoms in total. The number of nitrogens with zero attached hydrogens (tertiary/aromatic N) is 2. The molecule has 188 valence electrons. The van der Waals surface area contributed by atoms with E-state index in [2.05, 4.69) is 74.2 Å². The van der Waals surface area contributed by atoms with Crippen molar-refractivity contribution in [2.45, 2.75) is 75.7 Å². The van der Waals surface area contributed by atoms with Crippen LogP contribution in [-0.4, -0.2) is 52.4 Å². The number of hydrogen-bond donors (Lipinski definition) is 2.